The van der Waals surface area contributed by atoms with Gasteiger partial charge in [-0.2, -0.15) is 5.10 Å². The second kappa shape index (κ2) is 8.29. The number of aromatic nitrogens is 2. The summed E-state index contributed by atoms with van der Waals surface area (Å²) in [5, 5.41) is 6.90. The van der Waals surface area contributed by atoms with Crippen LogP contribution in [0.2, 0.25) is 0 Å². The number of hydrogen-bond acceptors (Lipinski definition) is 4. The van der Waals surface area contributed by atoms with Crippen molar-refractivity contribution < 1.29 is 14.3 Å². The lowest BCUT2D eigenvalue weighted by molar-refractivity contribution is -0.143. The molecule has 0 saturated carbocycles. The second-order valence-corrected chi connectivity index (χ2v) is 6.08. The van der Waals surface area contributed by atoms with E-state index < -0.39 is 12.0 Å². The predicted molar refractivity (Wildman–Crippen MR) is 90.5 cm³/mol. The van der Waals surface area contributed by atoms with Gasteiger partial charge in [0.2, 0.25) is 0 Å². The number of amides is 1. The molecule has 24 heavy (non-hydrogen) atoms. The van der Waals surface area contributed by atoms with Gasteiger partial charge in [0.25, 0.3) is 5.91 Å². The van der Waals surface area contributed by atoms with E-state index >= 15 is 0 Å². The molecule has 0 spiro atoms. The van der Waals surface area contributed by atoms with Crippen molar-refractivity contribution in [3.8, 4) is 0 Å². The normalized spacial score (nSPS) is 12.0. The Morgan fingerprint density at radius 2 is 1.96 bits per heavy atom. The van der Waals surface area contributed by atoms with Gasteiger partial charge >= 0.3 is 5.97 Å². The van der Waals surface area contributed by atoms with Crippen LogP contribution in [0.4, 0.5) is 0 Å². The zero-order chi connectivity index (χ0) is 17.5. The first-order valence-corrected chi connectivity index (χ1v) is 7.94. The highest BCUT2D eigenvalue weighted by Crippen LogP contribution is 2.10. The first kappa shape index (κ1) is 17.7. The number of nitrogens with zero attached hydrogens (tertiary/aromatic N) is 2. The zero-order valence-corrected chi connectivity index (χ0v) is 14.2. The fourth-order valence-electron chi connectivity index (χ4n) is 2.41. The molecule has 1 aromatic heterocycles. The molecule has 0 bridgehead atoms. The number of carbonyl (C=O) groups is 2. The molecule has 128 valence electrons. The minimum Gasteiger partial charge on any atom is -0.467 e. The van der Waals surface area contributed by atoms with Gasteiger partial charge < -0.3 is 10.1 Å². The van der Waals surface area contributed by atoms with Crippen LogP contribution in [0.25, 0.3) is 0 Å². The first-order valence-electron chi connectivity index (χ1n) is 7.94. The van der Waals surface area contributed by atoms with Crippen molar-refractivity contribution in [1.29, 1.82) is 0 Å². The highest BCUT2D eigenvalue weighted by Gasteiger charge is 2.23. The molecule has 1 N–H and O–H groups in total. The number of hydrogen-bond donors (Lipinski definition) is 1. The lowest BCUT2D eigenvalue weighted by Crippen LogP contribution is -2.42. The molecule has 6 heteroatoms. The SMILES string of the molecule is COC(=O)[C@H](CC(C)C)NC(=O)c1ccc(Cn2cccn2)cc1. The van der Waals surface area contributed by atoms with Crippen LogP contribution in [-0.2, 0) is 16.1 Å². The molecule has 6 nitrogen and oxygen atoms in total. The van der Waals surface area contributed by atoms with Crippen LogP contribution in [0.5, 0.6) is 0 Å². The maximum Gasteiger partial charge on any atom is 0.328 e. The molecule has 0 aliphatic rings. The van der Waals surface area contributed by atoms with E-state index in [2.05, 4.69) is 10.4 Å². The van der Waals surface area contributed by atoms with Gasteiger partial charge in [0, 0.05) is 18.0 Å². The largest absolute Gasteiger partial charge is 0.467 e. The Labute approximate surface area is 141 Å². The van der Waals surface area contributed by atoms with E-state index in [1.165, 1.54) is 7.11 Å². The maximum atomic E-state index is 12.3. The number of nitrogens with one attached hydrogen (secondary N) is 1. The van der Waals surface area contributed by atoms with E-state index in [1.54, 1.807) is 18.3 Å². The smallest absolute Gasteiger partial charge is 0.328 e. The van der Waals surface area contributed by atoms with Gasteiger partial charge in [-0.25, -0.2) is 4.79 Å². The molecule has 0 aliphatic heterocycles. The molecule has 2 rings (SSSR count). The van der Waals surface area contributed by atoms with Gasteiger partial charge in [0.15, 0.2) is 0 Å². The van der Waals surface area contributed by atoms with Crippen molar-refractivity contribution >= 4 is 11.9 Å². The highest BCUT2D eigenvalue weighted by atomic mass is 16.5. The van der Waals surface area contributed by atoms with E-state index in [4.69, 9.17) is 4.74 Å². The van der Waals surface area contributed by atoms with Crippen LogP contribution in [0.1, 0.15) is 36.2 Å². The van der Waals surface area contributed by atoms with E-state index in [0.717, 1.165) is 5.56 Å². The standard InChI is InChI=1S/C18H23N3O3/c1-13(2)11-16(18(23)24-3)20-17(22)15-7-5-14(6-8-15)12-21-10-4-9-19-21/h4-10,13,16H,11-12H2,1-3H3,(H,20,22)/t16-/m0/s1. The van der Waals surface area contributed by atoms with E-state index in [1.807, 2.05) is 42.9 Å². The van der Waals surface area contributed by atoms with Crippen molar-refractivity contribution in [2.24, 2.45) is 5.92 Å². The number of benzene rings is 1. The number of rotatable bonds is 7. The quantitative estimate of drug-likeness (QED) is 0.791. The molecule has 0 radical (unpaired) electrons. The Morgan fingerprint density at radius 3 is 2.50 bits per heavy atom. The number of carbonyl (C=O) groups excluding carboxylic acids is 2. The van der Waals surface area contributed by atoms with Crippen LogP contribution in [0.15, 0.2) is 42.7 Å². The Kier molecular flexibility index (Phi) is 6.12. The lowest BCUT2D eigenvalue weighted by atomic mass is 10.0. The summed E-state index contributed by atoms with van der Waals surface area (Å²) in [6, 6.07) is 8.49. The zero-order valence-electron chi connectivity index (χ0n) is 14.2. The number of esters is 1. The molecular weight excluding hydrogens is 306 g/mol. The average Bonchev–Trinajstić information content (AvgIpc) is 3.06. The molecule has 1 aromatic carbocycles. The summed E-state index contributed by atoms with van der Waals surface area (Å²) >= 11 is 0. The van der Waals surface area contributed by atoms with Crippen LogP contribution in [0, 0.1) is 5.92 Å². The third-order valence-electron chi connectivity index (χ3n) is 3.62. The predicted octanol–water partition coefficient (Wildman–Crippen LogP) is 2.25. The molecule has 1 atom stereocenters. The van der Waals surface area contributed by atoms with Gasteiger partial charge in [0.05, 0.1) is 13.7 Å². The second-order valence-electron chi connectivity index (χ2n) is 6.08. The van der Waals surface area contributed by atoms with Gasteiger partial charge in [-0.15, -0.1) is 0 Å². The van der Waals surface area contributed by atoms with Gasteiger partial charge in [-0.05, 0) is 36.1 Å². The summed E-state index contributed by atoms with van der Waals surface area (Å²) in [5.74, 6) is -0.435. The van der Waals surface area contributed by atoms with E-state index in [9.17, 15) is 9.59 Å². The van der Waals surface area contributed by atoms with Crippen LogP contribution >= 0.6 is 0 Å². The first-order chi connectivity index (χ1) is 11.5. The topological polar surface area (TPSA) is 73.2 Å². The molecule has 2 aromatic rings. The van der Waals surface area contributed by atoms with Crippen molar-refractivity contribution in [3.63, 3.8) is 0 Å². The van der Waals surface area contributed by atoms with Crippen LogP contribution in [-0.4, -0.2) is 34.8 Å². The van der Waals surface area contributed by atoms with Crippen LogP contribution < -0.4 is 5.32 Å². The third-order valence-corrected chi connectivity index (χ3v) is 3.62. The van der Waals surface area contributed by atoms with Gasteiger partial charge in [-0.3, -0.25) is 9.48 Å². The van der Waals surface area contributed by atoms with Gasteiger partial charge in [-0.1, -0.05) is 26.0 Å². The fourth-order valence-corrected chi connectivity index (χ4v) is 2.41. The molecular formula is C18H23N3O3. The summed E-state index contributed by atoms with van der Waals surface area (Å²) in [5.41, 5.74) is 1.55. The fraction of sp³-hybridized carbons (Fsp3) is 0.389. The molecule has 0 fully saturated rings. The van der Waals surface area contributed by atoms with Crippen molar-refractivity contribution in [3.05, 3.63) is 53.9 Å². The Bertz CT molecular complexity index is 663. The summed E-state index contributed by atoms with van der Waals surface area (Å²) in [4.78, 5) is 24.1. The molecule has 1 amide bonds. The molecule has 0 aliphatic carbocycles. The number of methoxy groups -OCH3 is 1. The van der Waals surface area contributed by atoms with E-state index in [0.29, 0.717) is 18.5 Å². The minimum atomic E-state index is -0.633. The number of ether oxygens (including phenoxy) is 1. The maximum absolute atomic E-state index is 12.3. The molecule has 0 saturated heterocycles. The summed E-state index contributed by atoms with van der Waals surface area (Å²) < 4.78 is 6.58. The molecule has 0 unspecified atom stereocenters. The Hall–Kier alpha value is -2.63. The minimum absolute atomic E-state index is 0.269. The highest BCUT2D eigenvalue weighted by molar-refractivity contribution is 5.96. The van der Waals surface area contributed by atoms with Crippen molar-refractivity contribution in [2.75, 3.05) is 7.11 Å². The molecule has 1 heterocycles. The summed E-state index contributed by atoms with van der Waals surface area (Å²) in [7, 11) is 1.33. The van der Waals surface area contributed by atoms with Crippen LogP contribution in [0.3, 0.4) is 0 Å². The van der Waals surface area contributed by atoms with Gasteiger partial charge in [0.1, 0.15) is 6.04 Å². The Balaban J connectivity index is 2.01. The lowest BCUT2D eigenvalue weighted by Gasteiger charge is -2.18. The summed E-state index contributed by atoms with van der Waals surface area (Å²) in [6.07, 6.45) is 4.15. The Morgan fingerprint density at radius 1 is 1.25 bits per heavy atom. The third kappa shape index (κ3) is 4.94. The average molecular weight is 329 g/mol. The van der Waals surface area contributed by atoms with E-state index in [-0.39, 0.29) is 11.8 Å². The monoisotopic (exact) mass is 329 g/mol. The summed E-state index contributed by atoms with van der Waals surface area (Å²) in [6.45, 7) is 4.63. The van der Waals surface area contributed by atoms with Crippen molar-refractivity contribution in [2.45, 2.75) is 32.9 Å². The van der Waals surface area contributed by atoms with Crippen molar-refractivity contribution in [1.82, 2.24) is 15.1 Å².